The maximum absolute atomic E-state index is 11.9. The molecule has 2 rings (SSSR count). The highest BCUT2D eigenvalue weighted by Gasteiger charge is 2.43. The highest BCUT2D eigenvalue weighted by atomic mass is 35.5. The molecule has 1 aliphatic heterocycles. The van der Waals surface area contributed by atoms with Crippen molar-refractivity contribution < 1.29 is 9.90 Å². The molecular formula is C13H17Cl2N3O2. The fourth-order valence-electron chi connectivity index (χ4n) is 2.09. The minimum atomic E-state index is -0.684. The lowest BCUT2D eigenvalue weighted by molar-refractivity contribution is -0.139. The van der Waals surface area contributed by atoms with Crippen LogP contribution in [0.2, 0.25) is 10.0 Å². The minimum absolute atomic E-state index is 0.175. The molecule has 5 nitrogen and oxygen atoms in total. The Morgan fingerprint density at radius 3 is 2.75 bits per heavy atom. The summed E-state index contributed by atoms with van der Waals surface area (Å²) in [5, 5.41) is 13.5. The summed E-state index contributed by atoms with van der Waals surface area (Å²) in [6.45, 7) is 5.14. The SMILES string of the molecule is CC(C)C1(O)CN(CC(=O)Nc2ncc(Cl)cc2Cl)C1. The van der Waals surface area contributed by atoms with E-state index in [0.717, 1.165) is 0 Å². The van der Waals surface area contributed by atoms with Crippen molar-refractivity contribution in [3.63, 3.8) is 0 Å². The zero-order chi connectivity index (χ0) is 14.9. The highest BCUT2D eigenvalue weighted by Crippen LogP contribution is 2.28. The molecule has 0 aromatic carbocycles. The van der Waals surface area contributed by atoms with Gasteiger partial charge in [0.05, 0.1) is 22.2 Å². The van der Waals surface area contributed by atoms with Crippen molar-refractivity contribution in [1.82, 2.24) is 9.88 Å². The van der Waals surface area contributed by atoms with Gasteiger partial charge in [-0.15, -0.1) is 0 Å². The molecule has 2 N–H and O–H groups in total. The molecule has 0 saturated carbocycles. The number of halogens is 2. The molecule has 0 atom stereocenters. The van der Waals surface area contributed by atoms with Crippen LogP contribution in [-0.2, 0) is 4.79 Å². The Morgan fingerprint density at radius 1 is 1.55 bits per heavy atom. The predicted molar refractivity (Wildman–Crippen MR) is 79.1 cm³/mol. The first-order valence-corrected chi connectivity index (χ1v) is 7.11. The zero-order valence-corrected chi connectivity index (χ0v) is 12.9. The van der Waals surface area contributed by atoms with E-state index < -0.39 is 5.60 Å². The Balaban J connectivity index is 1.85. The van der Waals surface area contributed by atoms with Crippen molar-refractivity contribution in [2.24, 2.45) is 5.92 Å². The van der Waals surface area contributed by atoms with Crippen molar-refractivity contribution in [1.29, 1.82) is 0 Å². The lowest BCUT2D eigenvalue weighted by Crippen LogP contribution is -2.65. The van der Waals surface area contributed by atoms with E-state index in [-0.39, 0.29) is 18.4 Å². The minimum Gasteiger partial charge on any atom is -0.387 e. The van der Waals surface area contributed by atoms with Crippen molar-refractivity contribution >= 4 is 34.9 Å². The molecule has 0 aliphatic carbocycles. The third-order valence-corrected chi connectivity index (χ3v) is 4.00. The third-order valence-electron chi connectivity index (χ3n) is 3.50. The molecule has 2 heterocycles. The van der Waals surface area contributed by atoms with Crippen molar-refractivity contribution in [2.45, 2.75) is 19.4 Å². The number of nitrogens with zero attached hydrogens (tertiary/aromatic N) is 2. The van der Waals surface area contributed by atoms with Gasteiger partial charge in [0, 0.05) is 19.3 Å². The number of β-amino-alcohol motifs (C(OH)–C–C–N with tert-alkyl or cyclic N) is 1. The van der Waals surface area contributed by atoms with Crippen LogP contribution >= 0.6 is 23.2 Å². The molecule has 0 unspecified atom stereocenters. The molecule has 1 aromatic heterocycles. The van der Waals surface area contributed by atoms with Gasteiger partial charge in [-0.05, 0) is 12.0 Å². The summed E-state index contributed by atoms with van der Waals surface area (Å²) in [7, 11) is 0. The molecule has 0 spiro atoms. The largest absolute Gasteiger partial charge is 0.387 e. The van der Waals surface area contributed by atoms with Gasteiger partial charge in [0.2, 0.25) is 5.91 Å². The van der Waals surface area contributed by atoms with E-state index in [1.165, 1.54) is 12.3 Å². The fourth-order valence-corrected chi connectivity index (χ4v) is 2.51. The van der Waals surface area contributed by atoms with Crippen LogP contribution in [0, 0.1) is 5.92 Å². The van der Waals surface area contributed by atoms with E-state index in [1.807, 2.05) is 18.7 Å². The lowest BCUT2D eigenvalue weighted by Gasteiger charge is -2.48. The molecular weight excluding hydrogens is 301 g/mol. The second kappa shape index (κ2) is 5.85. The highest BCUT2D eigenvalue weighted by molar-refractivity contribution is 6.36. The van der Waals surface area contributed by atoms with E-state index in [9.17, 15) is 9.90 Å². The number of hydrogen-bond acceptors (Lipinski definition) is 4. The molecule has 1 aliphatic rings. The van der Waals surface area contributed by atoms with Crippen LogP contribution < -0.4 is 5.32 Å². The standard InChI is InChI=1S/C13H17Cl2N3O2/c1-8(2)13(20)6-18(7-13)5-11(19)17-12-10(15)3-9(14)4-16-12/h3-4,8,20H,5-7H2,1-2H3,(H,16,17,19). The van der Waals surface area contributed by atoms with Crippen LogP contribution in [0.15, 0.2) is 12.3 Å². The predicted octanol–water partition coefficient (Wildman–Crippen LogP) is 2.03. The topological polar surface area (TPSA) is 65.5 Å². The van der Waals surface area contributed by atoms with Crippen LogP contribution in [0.4, 0.5) is 5.82 Å². The van der Waals surface area contributed by atoms with Gasteiger partial charge >= 0.3 is 0 Å². The number of aliphatic hydroxyl groups is 1. The summed E-state index contributed by atoms with van der Waals surface area (Å²) >= 11 is 11.7. The fraction of sp³-hybridized carbons (Fsp3) is 0.538. The average molecular weight is 318 g/mol. The number of aromatic nitrogens is 1. The molecule has 0 radical (unpaired) electrons. The van der Waals surface area contributed by atoms with Crippen molar-refractivity contribution in [3.8, 4) is 0 Å². The van der Waals surface area contributed by atoms with Crippen LogP contribution in [0.1, 0.15) is 13.8 Å². The van der Waals surface area contributed by atoms with E-state index >= 15 is 0 Å². The monoisotopic (exact) mass is 317 g/mol. The molecule has 110 valence electrons. The molecule has 1 amide bonds. The van der Waals surface area contributed by atoms with Gasteiger partial charge in [-0.1, -0.05) is 37.0 Å². The number of carbonyl (C=O) groups excluding carboxylic acids is 1. The Morgan fingerprint density at radius 2 is 2.20 bits per heavy atom. The van der Waals surface area contributed by atoms with E-state index in [2.05, 4.69) is 10.3 Å². The summed E-state index contributed by atoms with van der Waals surface area (Å²) < 4.78 is 0. The van der Waals surface area contributed by atoms with Gasteiger partial charge in [-0.25, -0.2) is 4.98 Å². The third kappa shape index (κ3) is 3.41. The zero-order valence-electron chi connectivity index (χ0n) is 11.4. The van der Waals surface area contributed by atoms with Gasteiger partial charge in [-0.3, -0.25) is 9.69 Å². The summed E-state index contributed by atoms with van der Waals surface area (Å²) in [5.74, 6) is 0.252. The van der Waals surface area contributed by atoms with E-state index in [1.54, 1.807) is 0 Å². The molecule has 1 saturated heterocycles. The smallest absolute Gasteiger partial charge is 0.239 e. The number of nitrogens with one attached hydrogen (secondary N) is 1. The number of pyridine rings is 1. The maximum Gasteiger partial charge on any atom is 0.239 e. The number of anilines is 1. The Kier molecular flexibility index (Phi) is 4.54. The van der Waals surface area contributed by atoms with E-state index in [0.29, 0.717) is 29.0 Å². The van der Waals surface area contributed by atoms with Gasteiger partial charge in [-0.2, -0.15) is 0 Å². The number of rotatable bonds is 4. The quantitative estimate of drug-likeness (QED) is 0.891. The first-order valence-electron chi connectivity index (χ1n) is 6.36. The van der Waals surface area contributed by atoms with E-state index in [4.69, 9.17) is 23.2 Å². The number of likely N-dealkylation sites (tertiary alicyclic amines) is 1. The Bertz CT molecular complexity index is 516. The van der Waals surface area contributed by atoms with Crippen molar-refractivity contribution in [3.05, 3.63) is 22.3 Å². The summed E-state index contributed by atoms with van der Waals surface area (Å²) in [4.78, 5) is 17.7. The summed E-state index contributed by atoms with van der Waals surface area (Å²) in [5.41, 5.74) is -0.684. The Hall–Kier alpha value is -0.880. The molecule has 7 heteroatoms. The molecule has 0 bridgehead atoms. The van der Waals surface area contributed by atoms with Gasteiger partial charge in [0.25, 0.3) is 0 Å². The number of carbonyl (C=O) groups is 1. The second-order valence-corrected chi connectivity index (χ2v) is 6.28. The first-order chi connectivity index (χ1) is 9.30. The normalized spacial score (nSPS) is 17.9. The van der Waals surface area contributed by atoms with Crippen molar-refractivity contribution in [2.75, 3.05) is 25.0 Å². The van der Waals surface area contributed by atoms with Gasteiger partial charge in [0.1, 0.15) is 0 Å². The summed E-state index contributed by atoms with van der Waals surface area (Å²) in [6.07, 6.45) is 1.42. The molecule has 1 aromatic rings. The first kappa shape index (κ1) is 15.5. The maximum atomic E-state index is 11.9. The summed E-state index contributed by atoms with van der Waals surface area (Å²) in [6, 6.07) is 1.52. The molecule has 1 fully saturated rings. The lowest BCUT2D eigenvalue weighted by atomic mass is 9.83. The second-order valence-electron chi connectivity index (χ2n) is 5.44. The van der Waals surface area contributed by atoms with Crippen LogP contribution in [-0.4, -0.2) is 46.1 Å². The van der Waals surface area contributed by atoms with Crippen LogP contribution in [0.5, 0.6) is 0 Å². The number of amides is 1. The number of hydrogen-bond donors (Lipinski definition) is 2. The van der Waals surface area contributed by atoms with Gasteiger partial charge < -0.3 is 10.4 Å². The van der Waals surface area contributed by atoms with Gasteiger partial charge in [0.15, 0.2) is 5.82 Å². The van der Waals surface area contributed by atoms with Crippen LogP contribution in [0.3, 0.4) is 0 Å². The molecule has 20 heavy (non-hydrogen) atoms. The average Bonchev–Trinajstić information content (AvgIpc) is 2.30. The Labute approximate surface area is 127 Å². The van der Waals surface area contributed by atoms with Crippen LogP contribution in [0.25, 0.3) is 0 Å².